The van der Waals surface area contributed by atoms with Crippen LogP contribution in [0.15, 0.2) is 46.2 Å². The molecule has 0 saturated carbocycles. The summed E-state index contributed by atoms with van der Waals surface area (Å²) in [6.07, 6.45) is 1.66. The number of hydrogen-bond donors (Lipinski definition) is 4. The zero-order valence-electron chi connectivity index (χ0n) is 24.5. The van der Waals surface area contributed by atoms with E-state index in [4.69, 9.17) is 29.2 Å². The number of rotatable bonds is 19. The Balaban J connectivity index is 1.97. The van der Waals surface area contributed by atoms with E-state index in [1.807, 2.05) is 0 Å². The van der Waals surface area contributed by atoms with Crippen LogP contribution < -0.4 is 0 Å². The van der Waals surface area contributed by atoms with Crippen molar-refractivity contribution in [1.29, 1.82) is 0 Å². The molecule has 0 aliphatic rings. The van der Waals surface area contributed by atoms with Crippen molar-refractivity contribution in [2.45, 2.75) is 48.3 Å². The van der Waals surface area contributed by atoms with Crippen LogP contribution >= 0.6 is 0 Å². The summed E-state index contributed by atoms with van der Waals surface area (Å²) in [6.45, 7) is -0.870. The number of aliphatic hydroxyl groups excluding tert-OH is 2. The van der Waals surface area contributed by atoms with E-state index >= 15 is 0 Å². The summed E-state index contributed by atoms with van der Waals surface area (Å²) in [4.78, 5) is 48.2. The lowest BCUT2D eigenvalue weighted by atomic mass is 10.1. The van der Waals surface area contributed by atoms with Gasteiger partial charge in [0.15, 0.2) is 0 Å². The van der Waals surface area contributed by atoms with Crippen LogP contribution in [0.1, 0.15) is 80.0 Å². The van der Waals surface area contributed by atoms with Gasteiger partial charge in [-0.05, 0) is 74.9 Å². The minimum Gasteiger partial charge on any atom is -0.462 e. The molecule has 2 rings (SSSR count). The minimum atomic E-state index is -4.81. The SMILES string of the molecule is O=C(OCCCCO)c1cc(C(=O)OCCCCOC(=O)c2cc(C(=O)OCCCCO)cc(S(=O)(=O)O)c2)cc(S(=O)(=O)O)c1. The summed E-state index contributed by atoms with van der Waals surface area (Å²) < 4.78 is 85.6. The monoisotopic (exact) mass is 690 g/mol. The van der Waals surface area contributed by atoms with Crippen LogP contribution in [0, 0.1) is 0 Å². The Morgan fingerprint density at radius 1 is 0.457 bits per heavy atom. The number of aliphatic hydroxyl groups is 2. The van der Waals surface area contributed by atoms with E-state index in [1.165, 1.54) is 0 Å². The van der Waals surface area contributed by atoms with Crippen LogP contribution in [-0.4, -0.2) is 99.7 Å². The molecular weight excluding hydrogens is 656 g/mol. The third-order valence-corrected chi connectivity index (χ3v) is 7.59. The van der Waals surface area contributed by atoms with E-state index in [2.05, 4.69) is 0 Å². The van der Waals surface area contributed by atoms with Gasteiger partial charge in [-0.2, -0.15) is 16.8 Å². The van der Waals surface area contributed by atoms with Crippen molar-refractivity contribution in [3.63, 3.8) is 0 Å². The largest absolute Gasteiger partial charge is 0.462 e. The molecule has 0 fully saturated rings. The van der Waals surface area contributed by atoms with Crippen LogP contribution in [0.25, 0.3) is 0 Å². The maximum Gasteiger partial charge on any atom is 0.338 e. The standard InChI is InChI=1S/C28H34O16S2/c29-7-1-3-9-41-25(31)19-13-21(17-23(15-19)45(35,36)37)27(33)43-11-5-6-12-44-28(34)22-14-20(16-24(18-22)46(38,39)40)26(32)42-10-4-2-8-30/h13-18,29-30H,1-12H2,(H,35,36,37)(H,38,39,40). The highest BCUT2D eigenvalue weighted by Crippen LogP contribution is 2.19. The first-order valence-electron chi connectivity index (χ1n) is 13.8. The van der Waals surface area contributed by atoms with Gasteiger partial charge in [0.1, 0.15) is 0 Å². The molecule has 0 unspecified atom stereocenters. The molecule has 2 aromatic rings. The van der Waals surface area contributed by atoms with Crippen molar-refractivity contribution in [3.8, 4) is 0 Å². The second kappa shape index (κ2) is 18.3. The summed E-state index contributed by atoms with van der Waals surface area (Å²) in [5.41, 5.74) is -1.42. The minimum absolute atomic E-state index is 0.0777. The van der Waals surface area contributed by atoms with E-state index < -0.39 is 53.9 Å². The Hall–Kier alpha value is -3.94. The van der Waals surface area contributed by atoms with Gasteiger partial charge in [0.2, 0.25) is 0 Å². The summed E-state index contributed by atoms with van der Waals surface area (Å²) in [5, 5.41) is 17.6. The zero-order chi connectivity index (χ0) is 34.3. The Labute approximate surface area is 264 Å². The molecule has 0 aliphatic heterocycles. The van der Waals surface area contributed by atoms with Crippen LogP contribution in [0.5, 0.6) is 0 Å². The van der Waals surface area contributed by atoms with Gasteiger partial charge in [-0.1, -0.05) is 0 Å². The lowest BCUT2D eigenvalue weighted by Crippen LogP contribution is -2.14. The molecule has 254 valence electrons. The molecule has 0 aromatic heterocycles. The Morgan fingerprint density at radius 2 is 0.696 bits per heavy atom. The van der Waals surface area contributed by atoms with E-state index in [0.717, 1.165) is 36.4 Å². The number of esters is 4. The molecule has 0 saturated heterocycles. The van der Waals surface area contributed by atoms with E-state index in [9.17, 15) is 45.1 Å². The number of hydrogen-bond acceptors (Lipinski definition) is 14. The van der Waals surface area contributed by atoms with Gasteiger partial charge in [0, 0.05) is 13.2 Å². The van der Waals surface area contributed by atoms with Crippen LogP contribution in [0.3, 0.4) is 0 Å². The molecule has 0 atom stereocenters. The summed E-state index contributed by atoms with van der Waals surface area (Å²) >= 11 is 0. The normalized spacial score (nSPS) is 11.5. The average molecular weight is 691 g/mol. The smallest absolute Gasteiger partial charge is 0.338 e. The number of carbonyl (C=O) groups excluding carboxylic acids is 4. The molecule has 0 heterocycles. The molecule has 2 aromatic carbocycles. The van der Waals surface area contributed by atoms with Gasteiger partial charge in [0.25, 0.3) is 20.2 Å². The lowest BCUT2D eigenvalue weighted by Gasteiger charge is -2.10. The predicted octanol–water partition coefficient (Wildman–Crippen LogP) is 1.83. The first-order chi connectivity index (χ1) is 21.7. The van der Waals surface area contributed by atoms with Gasteiger partial charge in [-0.15, -0.1) is 0 Å². The number of unbranched alkanes of at least 4 members (excludes halogenated alkanes) is 3. The molecule has 0 radical (unpaired) electrons. The molecular formula is C28H34O16S2. The summed E-state index contributed by atoms with van der Waals surface area (Å²) in [5.74, 6) is -4.00. The summed E-state index contributed by atoms with van der Waals surface area (Å²) in [7, 11) is -9.62. The predicted molar refractivity (Wildman–Crippen MR) is 156 cm³/mol. The fraction of sp³-hybridized carbons (Fsp3) is 0.429. The Morgan fingerprint density at radius 3 is 0.913 bits per heavy atom. The average Bonchev–Trinajstić information content (AvgIpc) is 3.01. The quantitative estimate of drug-likeness (QED) is 0.0709. The van der Waals surface area contributed by atoms with Gasteiger partial charge in [-0.25, -0.2) is 19.2 Å². The molecule has 0 spiro atoms. The number of ether oxygens (including phenoxy) is 4. The second-order valence-electron chi connectivity index (χ2n) is 9.55. The first-order valence-corrected chi connectivity index (χ1v) is 16.7. The lowest BCUT2D eigenvalue weighted by molar-refractivity contribution is 0.0430. The van der Waals surface area contributed by atoms with E-state index in [1.54, 1.807) is 0 Å². The highest BCUT2D eigenvalue weighted by atomic mass is 32.2. The number of benzene rings is 2. The van der Waals surface area contributed by atoms with E-state index in [-0.39, 0.29) is 74.7 Å². The molecule has 0 bridgehead atoms. The fourth-order valence-electron chi connectivity index (χ4n) is 3.59. The maximum absolute atomic E-state index is 12.5. The van der Waals surface area contributed by atoms with Gasteiger partial charge >= 0.3 is 23.9 Å². The second-order valence-corrected chi connectivity index (χ2v) is 12.4. The molecule has 46 heavy (non-hydrogen) atoms. The summed E-state index contributed by atoms with van der Waals surface area (Å²) in [6, 6.07) is 5.31. The van der Waals surface area contributed by atoms with Crippen molar-refractivity contribution in [1.82, 2.24) is 0 Å². The number of carbonyl (C=O) groups is 4. The highest BCUT2D eigenvalue weighted by molar-refractivity contribution is 7.86. The van der Waals surface area contributed by atoms with Crippen molar-refractivity contribution < 1.29 is 74.3 Å². The topological polar surface area (TPSA) is 254 Å². The van der Waals surface area contributed by atoms with E-state index in [0.29, 0.717) is 25.7 Å². The third-order valence-electron chi connectivity index (χ3n) is 5.93. The molecule has 4 N–H and O–H groups in total. The van der Waals surface area contributed by atoms with Crippen molar-refractivity contribution in [2.75, 3.05) is 39.6 Å². The fourth-order valence-corrected chi connectivity index (χ4v) is 4.70. The van der Waals surface area contributed by atoms with Crippen molar-refractivity contribution in [2.24, 2.45) is 0 Å². The van der Waals surface area contributed by atoms with Crippen LogP contribution in [-0.2, 0) is 39.2 Å². The van der Waals surface area contributed by atoms with Crippen LogP contribution in [0.4, 0.5) is 0 Å². The maximum atomic E-state index is 12.5. The van der Waals surface area contributed by atoms with Gasteiger partial charge < -0.3 is 29.2 Å². The zero-order valence-corrected chi connectivity index (χ0v) is 26.1. The van der Waals surface area contributed by atoms with Crippen LogP contribution in [0.2, 0.25) is 0 Å². The highest BCUT2D eigenvalue weighted by Gasteiger charge is 2.22. The molecule has 16 nitrogen and oxygen atoms in total. The molecule has 18 heteroatoms. The van der Waals surface area contributed by atoms with Crippen molar-refractivity contribution >= 4 is 44.1 Å². The third kappa shape index (κ3) is 12.8. The molecule has 0 amide bonds. The Bertz CT molecular complexity index is 1480. The van der Waals surface area contributed by atoms with Crippen molar-refractivity contribution in [3.05, 3.63) is 58.7 Å². The van der Waals surface area contributed by atoms with Gasteiger partial charge in [0.05, 0.1) is 58.5 Å². The Kier molecular flexibility index (Phi) is 15.2. The first kappa shape index (κ1) is 38.2. The van der Waals surface area contributed by atoms with Gasteiger partial charge in [-0.3, -0.25) is 9.11 Å². The molecule has 0 aliphatic carbocycles.